The fourth-order valence-corrected chi connectivity index (χ4v) is 12.4. The number of cyclic esters (lactones) is 2. The first-order valence-electron chi connectivity index (χ1n) is 33.5. The molecule has 0 radical (unpaired) electrons. The van der Waals surface area contributed by atoms with Gasteiger partial charge in [0.2, 0.25) is 53.2 Å². The molecule has 4 fully saturated rings. The number of hydrogen-bond acceptors (Lipinski definition) is 19. The standard InChI is InChI=1S/C67H102N10O19/c1-15-37(8)54-50(78)33-53(81)96-57(36(6)7)56(82)38(9)58(83)71-45(30-34(2)3)63(88)77-29-17-19-47(77)65(90)75(13)49(32-41-20-22-42(93-14)23-21-41)67(92)94-39(10)55(61(86)72-54)73-60(85)48(31-35(4)5)74(12)64(89)46-18-16-28-76(46)62(87)40(11)95-66(91)44(24-26-51(68)79)70-59(84)43-25-27-52(80)69-43/h20-23,34-40,43-50,54-55,57,78H,15-19,24-33H2,1-14H3,(H2,68,79)(H,69,80)(H,70,84)(H,71,83)(H,72,86)(H,73,85)/t37-,38-,39+,40-,43-,44-,45-,46-,47-,48+,49-,50-,54-,55+,57-/m0/s1. The van der Waals surface area contributed by atoms with Gasteiger partial charge in [-0.3, -0.25) is 57.5 Å². The summed E-state index contributed by atoms with van der Waals surface area (Å²) in [5.74, 6) is -14.2. The normalized spacial score (nSPS) is 26.6. The third-order valence-corrected chi connectivity index (χ3v) is 18.4. The fraction of sp³-hybridized carbons (Fsp3) is 0.701. The minimum absolute atomic E-state index is 0.0193. The lowest BCUT2D eigenvalue weighted by Crippen LogP contribution is -2.62. The van der Waals surface area contributed by atoms with Crippen molar-refractivity contribution in [3.8, 4) is 5.75 Å². The number of aliphatic hydroxyl groups excluding tert-OH is 1. The van der Waals surface area contributed by atoms with E-state index in [1.54, 1.807) is 65.8 Å². The molecule has 4 aliphatic heterocycles. The summed E-state index contributed by atoms with van der Waals surface area (Å²) in [5, 5.41) is 25.2. The van der Waals surface area contributed by atoms with Crippen molar-refractivity contribution >= 4 is 82.8 Å². The van der Waals surface area contributed by atoms with Crippen LogP contribution in [0.2, 0.25) is 0 Å². The Kier molecular flexibility index (Phi) is 29.1. The van der Waals surface area contributed by atoms with E-state index in [0.29, 0.717) is 30.6 Å². The number of amides is 10. The molecule has 1 aromatic rings. The van der Waals surface area contributed by atoms with Gasteiger partial charge in [0, 0.05) is 46.4 Å². The molecule has 5 rings (SSSR count). The van der Waals surface area contributed by atoms with Crippen LogP contribution in [0.5, 0.6) is 5.75 Å². The monoisotopic (exact) mass is 1350 g/mol. The quantitative estimate of drug-likeness (QED) is 0.0482. The van der Waals surface area contributed by atoms with Crippen LogP contribution in [0.25, 0.3) is 0 Å². The molecule has 0 bridgehead atoms. The van der Waals surface area contributed by atoms with Crippen LogP contribution in [-0.4, -0.2) is 221 Å². The Balaban J connectivity index is 1.54. The molecule has 4 heterocycles. The Labute approximate surface area is 561 Å². The molecule has 8 N–H and O–H groups in total. The Morgan fingerprint density at radius 3 is 2.07 bits per heavy atom. The number of hydrogen-bond donors (Lipinski definition) is 7. The first-order chi connectivity index (χ1) is 45.1. The number of carbonyl (C=O) groups is 14. The topological polar surface area (TPSA) is 395 Å². The van der Waals surface area contributed by atoms with Crippen molar-refractivity contribution in [1.82, 2.24) is 46.2 Å². The van der Waals surface area contributed by atoms with Crippen molar-refractivity contribution in [3.63, 3.8) is 0 Å². The van der Waals surface area contributed by atoms with E-state index in [-0.39, 0.29) is 88.6 Å². The minimum atomic E-state index is -1.86. The van der Waals surface area contributed by atoms with Crippen LogP contribution in [0.15, 0.2) is 24.3 Å². The molecule has 534 valence electrons. The summed E-state index contributed by atoms with van der Waals surface area (Å²) < 4.78 is 22.9. The summed E-state index contributed by atoms with van der Waals surface area (Å²) in [6.45, 7) is 17.8. The Morgan fingerprint density at radius 2 is 1.49 bits per heavy atom. The van der Waals surface area contributed by atoms with E-state index in [0.717, 1.165) is 9.80 Å². The number of nitrogens with zero attached hydrogens (tertiary/aromatic N) is 4. The van der Waals surface area contributed by atoms with E-state index >= 15 is 19.2 Å². The van der Waals surface area contributed by atoms with Crippen molar-refractivity contribution in [2.24, 2.45) is 35.3 Å². The average molecular weight is 1350 g/mol. The molecular formula is C67H102N10O19. The summed E-state index contributed by atoms with van der Waals surface area (Å²) in [4.78, 5) is 202. The predicted molar refractivity (Wildman–Crippen MR) is 346 cm³/mol. The highest BCUT2D eigenvalue weighted by Crippen LogP contribution is 2.28. The van der Waals surface area contributed by atoms with E-state index < -0.39 is 180 Å². The third-order valence-electron chi connectivity index (χ3n) is 18.4. The van der Waals surface area contributed by atoms with Crippen molar-refractivity contribution in [2.75, 3.05) is 34.3 Å². The number of benzene rings is 1. The number of esters is 3. The largest absolute Gasteiger partial charge is 0.497 e. The zero-order valence-electron chi connectivity index (χ0n) is 58.0. The molecule has 4 aliphatic rings. The van der Waals surface area contributed by atoms with Gasteiger partial charge in [0.15, 0.2) is 18.0 Å². The van der Waals surface area contributed by atoms with Crippen molar-refractivity contribution in [2.45, 2.75) is 238 Å². The lowest BCUT2D eigenvalue weighted by atomic mass is 9.91. The van der Waals surface area contributed by atoms with Gasteiger partial charge in [-0.05, 0) is 114 Å². The van der Waals surface area contributed by atoms with Gasteiger partial charge < -0.3 is 76.0 Å². The zero-order valence-corrected chi connectivity index (χ0v) is 58.0. The van der Waals surface area contributed by atoms with E-state index in [9.17, 15) is 53.1 Å². The highest BCUT2D eigenvalue weighted by atomic mass is 16.6. The second kappa shape index (κ2) is 35.7. The molecule has 0 spiro atoms. The summed E-state index contributed by atoms with van der Waals surface area (Å²) in [5.41, 5.74) is 5.88. The highest BCUT2D eigenvalue weighted by Gasteiger charge is 2.47. The molecule has 0 aromatic heterocycles. The van der Waals surface area contributed by atoms with Gasteiger partial charge >= 0.3 is 17.9 Å². The molecular weight excluding hydrogens is 1250 g/mol. The second-order valence-electron chi connectivity index (χ2n) is 27.1. The lowest BCUT2D eigenvalue weighted by Gasteiger charge is -2.36. The Bertz CT molecular complexity index is 3000. The van der Waals surface area contributed by atoms with E-state index in [4.69, 9.17) is 24.7 Å². The molecule has 29 heteroatoms. The number of methoxy groups -OCH3 is 1. The zero-order chi connectivity index (χ0) is 71.7. The summed E-state index contributed by atoms with van der Waals surface area (Å²) >= 11 is 0. The molecule has 15 atom stereocenters. The molecule has 10 amide bonds. The van der Waals surface area contributed by atoms with Crippen molar-refractivity contribution in [1.29, 1.82) is 0 Å². The number of Topliss-reactive ketones (excluding diaryl/α,β-unsaturated/α-hetero) is 1. The van der Waals surface area contributed by atoms with Crippen LogP contribution in [0.4, 0.5) is 0 Å². The van der Waals surface area contributed by atoms with Gasteiger partial charge in [-0.2, -0.15) is 0 Å². The summed E-state index contributed by atoms with van der Waals surface area (Å²) in [6.07, 6.45) is -6.48. The molecule has 29 nitrogen and oxygen atoms in total. The second-order valence-corrected chi connectivity index (χ2v) is 27.1. The lowest BCUT2D eigenvalue weighted by molar-refractivity contribution is -0.163. The van der Waals surface area contributed by atoms with Crippen molar-refractivity contribution in [3.05, 3.63) is 29.8 Å². The number of primary amides is 1. The van der Waals surface area contributed by atoms with Crippen molar-refractivity contribution < 1.29 is 91.2 Å². The summed E-state index contributed by atoms with van der Waals surface area (Å²) in [7, 11) is 4.17. The summed E-state index contributed by atoms with van der Waals surface area (Å²) in [6, 6.07) is -5.39. The SMILES string of the molecule is CC[C@H](C)[C@@H]1NC(=O)[C@H](NC(=O)[C@@H](CC(C)C)N(C)C(=O)[C@@H]2CCCN2C(=O)[C@H](C)OC(=O)[C@H](CCC(N)=O)NC(=O)[C@@H]2CCC(=O)N2)[C@@H](C)OC(=O)[C@H](Cc2ccc(OC)cc2)N(C)C(=O)[C@@H]2CCCN2C(=O)[C@H](CC(C)C)NC(=O)[C@@H](C)C(=O)[C@H](C(C)C)OC(=O)C[C@@H]1O. The predicted octanol–water partition coefficient (Wildman–Crippen LogP) is 0.896. The maximum atomic E-state index is 15.2. The van der Waals surface area contributed by atoms with E-state index in [1.807, 2.05) is 13.8 Å². The number of likely N-dealkylation sites (N-methyl/N-ethyl adjacent to an activating group) is 2. The average Bonchev–Trinajstić information content (AvgIpc) is 1.60. The number of fused-ring (bicyclic) bond motifs is 1. The molecule has 0 saturated carbocycles. The molecule has 0 aliphatic carbocycles. The Morgan fingerprint density at radius 1 is 0.833 bits per heavy atom. The van der Waals surface area contributed by atoms with Gasteiger partial charge in [-0.1, -0.05) is 73.9 Å². The van der Waals surface area contributed by atoms with Gasteiger partial charge in [-0.25, -0.2) is 9.59 Å². The van der Waals surface area contributed by atoms with E-state index in [2.05, 4.69) is 26.6 Å². The number of rotatable bonds is 22. The fourth-order valence-electron chi connectivity index (χ4n) is 12.4. The van der Waals surface area contributed by atoms with Crippen LogP contribution in [-0.2, 0) is 87.8 Å². The van der Waals surface area contributed by atoms with Gasteiger partial charge in [-0.15, -0.1) is 0 Å². The van der Waals surface area contributed by atoms with Crippen LogP contribution in [0.3, 0.4) is 0 Å². The first kappa shape index (κ1) is 78.5. The van der Waals surface area contributed by atoms with Gasteiger partial charge in [0.1, 0.15) is 60.2 Å². The molecule has 4 saturated heterocycles. The molecule has 1 aromatic carbocycles. The smallest absolute Gasteiger partial charge is 0.329 e. The number of carbonyl (C=O) groups excluding carboxylic acids is 14. The Hall–Kier alpha value is -8.24. The number of ketones is 1. The van der Waals surface area contributed by atoms with Crippen LogP contribution in [0.1, 0.15) is 159 Å². The maximum absolute atomic E-state index is 15.2. The number of aliphatic hydroxyl groups is 1. The number of nitrogens with two attached hydrogens (primary N) is 1. The molecule has 96 heavy (non-hydrogen) atoms. The number of ether oxygens (including phenoxy) is 4. The van der Waals surface area contributed by atoms with Gasteiger partial charge in [0.05, 0.1) is 31.6 Å². The highest BCUT2D eigenvalue weighted by molar-refractivity contribution is 6.05. The minimum Gasteiger partial charge on any atom is -0.497 e. The van der Waals surface area contributed by atoms with Crippen LogP contribution < -0.4 is 37.1 Å². The van der Waals surface area contributed by atoms with Crippen LogP contribution >= 0.6 is 0 Å². The van der Waals surface area contributed by atoms with E-state index in [1.165, 1.54) is 51.8 Å². The van der Waals surface area contributed by atoms with Crippen LogP contribution in [0, 0.1) is 29.6 Å². The first-order valence-corrected chi connectivity index (χ1v) is 33.5. The number of nitrogens with one attached hydrogen (secondary N) is 5. The number of likely N-dealkylation sites (tertiary alicyclic amines) is 1. The maximum Gasteiger partial charge on any atom is 0.329 e. The van der Waals surface area contributed by atoms with Gasteiger partial charge in [0.25, 0.3) is 5.91 Å². The third kappa shape index (κ3) is 20.9. The molecule has 0 unspecified atom stereocenters.